The van der Waals surface area contributed by atoms with Gasteiger partial charge in [-0.05, 0) is 56.5 Å². The zero-order valence-corrected chi connectivity index (χ0v) is 16.9. The van der Waals surface area contributed by atoms with Crippen molar-refractivity contribution >= 4 is 10.0 Å². The Labute approximate surface area is 165 Å². The van der Waals surface area contributed by atoms with Crippen LogP contribution in [0.5, 0.6) is 0 Å². The third-order valence-electron chi connectivity index (χ3n) is 5.02. The molecule has 3 aromatic rings. The molecule has 0 aliphatic heterocycles. The molecule has 0 radical (unpaired) electrons. The molecule has 7 heteroatoms. The summed E-state index contributed by atoms with van der Waals surface area (Å²) in [6.07, 6.45) is 5.83. The van der Waals surface area contributed by atoms with Gasteiger partial charge in [-0.2, -0.15) is 5.10 Å². The van der Waals surface area contributed by atoms with E-state index in [2.05, 4.69) is 15.8 Å². The quantitative estimate of drug-likeness (QED) is 0.664. The van der Waals surface area contributed by atoms with Crippen LogP contribution in [0.25, 0.3) is 11.3 Å². The average molecular weight is 397 g/mol. The van der Waals surface area contributed by atoms with Gasteiger partial charge in [-0.3, -0.25) is 9.67 Å². The van der Waals surface area contributed by atoms with Crippen molar-refractivity contribution in [1.82, 2.24) is 19.5 Å². The largest absolute Gasteiger partial charge is 0.267 e. The first-order valence-electron chi connectivity index (χ1n) is 9.49. The number of aromatic nitrogens is 3. The average Bonchev–Trinajstić information content (AvgIpc) is 3.42. The normalized spacial score (nSPS) is 14.4. The summed E-state index contributed by atoms with van der Waals surface area (Å²) >= 11 is 0. The molecule has 146 valence electrons. The summed E-state index contributed by atoms with van der Waals surface area (Å²) < 4.78 is 30.0. The van der Waals surface area contributed by atoms with Crippen LogP contribution in [-0.2, 0) is 16.6 Å². The number of nitrogens with zero attached hydrogens (tertiary/aromatic N) is 3. The van der Waals surface area contributed by atoms with Crippen molar-refractivity contribution in [3.8, 4) is 11.3 Å². The lowest BCUT2D eigenvalue weighted by Gasteiger charge is -2.11. The molecule has 0 unspecified atom stereocenters. The summed E-state index contributed by atoms with van der Waals surface area (Å²) in [4.78, 5) is 4.39. The number of nitrogens with one attached hydrogen (secondary N) is 1. The Morgan fingerprint density at radius 1 is 1.11 bits per heavy atom. The predicted octanol–water partition coefficient (Wildman–Crippen LogP) is 3.42. The highest BCUT2D eigenvalue weighted by Crippen LogP contribution is 2.41. The molecule has 6 nitrogen and oxygen atoms in total. The van der Waals surface area contributed by atoms with Gasteiger partial charge in [0.05, 0.1) is 17.1 Å². The fourth-order valence-electron chi connectivity index (χ4n) is 3.45. The first-order chi connectivity index (χ1) is 13.4. The molecule has 0 amide bonds. The number of benzene rings is 1. The van der Waals surface area contributed by atoms with Crippen LogP contribution in [0.2, 0.25) is 0 Å². The Morgan fingerprint density at radius 3 is 2.54 bits per heavy atom. The lowest BCUT2D eigenvalue weighted by Crippen LogP contribution is -2.28. The minimum absolute atomic E-state index is 0.298. The number of pyridine rings is 1. The molecule has 2 aromatic heterocycles. The Bertz CT molecular complexity index is 1090. The third-order valence-corrected chi connectivity index (χ3v) is 6.64. The van der Waals surface area contributed by atoms with E-state index in [1.165, 1.54) is 5.69 Å². The van der Waals surface area contributed by atoms with Gasteiger partial charge in [-0.25, -0.2) is 13.1 Å². The maximum Gasteiger partial charge on any atom is 0.240 e. The number of hydrogen-bond acceptors (Lipinski definition) is 4. The topological polar surface area (TPSA) is 76.9 Å². The van der Waals surface area contributed by atoms with Gasteiger partial charge in [0.15, 0.2) is 0 Å². The van der Waals surface area contributed by atoms with Crippen molar-refractivity contribution in [3.05, 3.63) is 65.6 Å². The molecular weight excluding hydrogens is 372 g/mol. The Balaban J connectivity index is 1.50. The van der Waals surface area contributed by atoms with E-state index in [1.807, 2.05) is 42.8 Å². The second-order valence-corrected chi connectivity index (χ2v) is 9.09. The van der Waals surface area contributed by atoms with Gasteiger partial charge in [-0.15, -0.1) is 0 Å². The Hall–Kier alpha value is -2.51. The van der Waals surface area contributed by atoms with E-state index in [-0.39, 0.29) is 0 Å². The van der Waals surface area contributed by atoms with Crippen LogP contribution in [-0.4, -0.2) is 29.7 Å². The maximum absolute atomic E-state index is 12.7. The maximum atomic E-state index is 12.7. The van der Waals surface area contributed by atoms with Crippen LogP contribution in [0.1, 0.15) is 35.6 Å². The minimum atomic E-state index is -3.54. The fourth-order valence-corrected chi connectivity index (χ4v) is 4.69. The first kappa shape index (κ1) is 18.8. The second kappa shape index (κ2) is 7.48. The number of sulfonamides is 1. The van der Waals surface area contributed by atoms with Crippen molar-refractivity contribution in [1.29, 1.82) is 0 Å². The molecule has 1 aliphatic rings. The van der Waals surface area contributed by atoms with E-state index in [4.69, 9.17) is 5.10 Å². The van der Waals surface area contributed by atoms with E-state index in [1.54, 1.807) is 18.5 Å². The summed E-state index contributed by atoms with van der Waals surface area (Å²) in [5.41, 5.74) is 4.90. The van der Waals surface area contributed by atoms with E-state index in [0.29, 0.717) is 23.9 Å². The van der Waals surface area contributed by atoms with E-state index >= 15 is 0 Å². The van der Waals surface area contributed by atoms with Gasteiger partial charge < -0.3 is 0 Å². The Morgan fingerprint density at radius 2 is 1.86 bits per heavy atom. The summed E-state index contributed by atoms with van der Waals surface area (Å²) in [5, 5.41) is 4.72. The van der Waals surface area contributed by atoms with Crippen LogP contribution >= 0.6 is 0 Å². The van der Waals surface area contributed by atoms with Gasteiger partial charge in [0.25, 0.3) is 0 Å². The molecule has 1 fully saturated rings. The standard InChI is InChI=1S/C21H24N4O2S/c1-15-3-6-21(16(2)13-15)28(26,27)23-11-12-25-20(18-4-5-18)14-19(24-25)17-7-9-22-10-8-17/h3,6-10,13-14,18,23H,4-5,11-12H2,1-2H3. The monoisotopic (exact) mass is 396 g/mol. The van der Waals surface area contributed by atoms with E-state index < -0.39 is 10.0 Å². The third kappa shape index (κ3) is 4.00. The van der Waals surface area contributed by atoms with Crippen molar-refractivity contribution < 1.29 is 8.42 Å². The summed E-state index contributed by atoms with van der Waals surface area (Å²) in [6.45, 7) is 4.57. The molecular formula is C21H24N4O2S. The summed E-state index contributed by atoms with van der Waals surface area (Å²) in [5.74, 6) is 0.527. The molecule has 2 heterocycles. The van der Waals surface area contributed by atoms with Crippen molar-refractivity contribution in [2.24, 2.45) is 0 Å². The smallest absolute Gasteiger partial charge is 0.240 e. The molecule has 4 rings (SSSR count). The van der Waals surface area contributed by atoms with Crippen LogP contribution in [0.3, 0.4) is 0 Å². The minimum Gasteiger partial charge on any atom is -0.267 e. The van der Waals surface area contributed by atoms with Crippen LogP contribution in [0.15, 0.2) is 53.7 Å². The number of aryl methyl sites for hydroxylation is 2. The first-order valence-corrected chi connectivity index (χ1v) is 11.0. The highest BCUT2D eigenvalue weighted by atomic mass is 32.2. The summed E-state index contributed by atoms with van der Waals surface area (Å²) in [6, 6.07) is 11.4. The Kier molecular flexibility index (Phi) is 5.03. The molecule has 1 saturated carbocycles. The number of rotatable bonds is 7. The van der Waals surface area contributed by atoms with Gasteiger partial charge in [0, 0.05) is 36.1 Å². The highest BCUT2D eigenvalue weighted by molar-refractivity contribution is 7.89. The molecule has 28 heavy (non-hydrogen) atoms. The molecule has 1 N–H and O–H groups in total. The van der Waals surface area contributed by atoms with Crippen molar-refractivity contribution in [3.63, 3.8) is 0 Å². The lowest BCUT2D eigenvalue weighted by atomic mass is 10.2. The molecule has 1 aromatic carbocycles. The van der Waals surface area contributed by atoms with Crippen molar-refractivity contribution in [2.45, 2.75) is 44.0 Å². The van der Waals surface area contributed by atoms with E-state index in [9.17, 15) is 8.42 Å². The van der Waals surface area contributed by atoms with Crippen LogP contribution < -0.4 is 4.72 Å². The van der Waals surface area contributed by atoms with Crippen LogP contribution in [0, 0.1) is 13.8 Å². The van der Waals surface area contributed by atoms with Gasteiger partial charge in [-0.1, -0.05) is 17.7 Å². The highest BCUT2D eigenvalue weighted by Gasteiger charge is 2.28. The second-order valence-electron chi connectivity index (χ2n) is 7.35. The summed E-state index contributed by atoms with van der Waals surface area (Å²) in [7, 11) is -3.54. The van der Waals surface area contributed by atoms with Gasteiger partial charge in [0.1, 0.15) is 0 Å². The number of hydrogen-bond donors (Lipinski definition) is 1. The molecule has 0 spiro atoms. The van der Waals surface area contributed by atoms with Crippen LogP contribution in [0.4, 0.5) is 0 Å². The molecule has 1 aliphatic carbocycles. The van der Waals surface area contributed by atoms with Gasteiger partial charge in [0.2, 0.25) is 10.0 Å². The molecule has 0 atom stereocenters. The predicted molar refractivity (Wildman–Crippen MR) is 109 cm³/mol. The zero-order chi connectivity index (χ0) is 19.7. The molecule has 0 bridgehead atoms. The van der Waals surface area contributed by atoms with Crippen molar-refractivity contribution in [2.75, 3.05) is 6.54 Å². The lowest BCUT2D eigenvalue weighted by molar-refractivity contribution is 0.551. The van der Waals surface area contributed by atoms with E-state index in [0.717, 1.165) is 35.2 Å². The molecule has 0 saturated heterocycles. The van der Waals surface area contributed by atoms with Gasteiger partial charge >= 0.3 is 0 Å². The SMILES string of the molecule is Cc1ccc(S(=O)(=O)NCCn2nc(-c3ccncc3)cc2C2CC2)c(C)c1. The zero-order valence-electron chi connectivity index (χ0n) is 16.1. The fraction of sp³-hybridized carbons (Fsp3) is 0.333.